The number of para-hydroxylation sites is 1. The third kappa shape index (κ3) is 4.36. The van der Waals surface area contributed by atoms with Crippen LogP contribution in [0.2, 0.25) is 0 Å². The molecule has 0 spiro atoms. The third-order valence-corrected chi connectivity index (χ3v) is 5.57. The molecular formula is C24H25N3O5. The van der Waals surface area contributed by atoms with Crippen molar-refractivity contribution in [3.8, 4) is 0 Å². The van der Waals surface area contributed by atoms with Gasteiger partial charge >= 0.3 is 0 Å². The Hall–Kier alpha value is -3.25. The lowest BCUT2D eigenvalue weighted by molar-refractivity contribution is -0.188. The fourth-order valence-corrected chi connectivity index (χ4v) is 4.17. The highest BCUT2D eigenvalue weighted by Gasteiger charge is 2.61. The molecule has 2 aromatic carbocycles. The summed E-state index contributed by atoms with van der Waals surface area (Å²) in [5, 5.41) is 5.76. The first kappa shape index (κ1) is 22.0. The molecule has 0 unspecified atom stereocenters. The molecule has 8 nitrogen and oxygen atoms in total. The van der Waals surface area contributed by atoms with Crippen molar-refractivity contribution in [2.75, 3.05) is 19.7 Å². The molecule has 0 radical (unpaired) electrons. The molecule has 4 rings (SSSR count). The summed E-state index contributed by atoms with van der Waals surface area (Å²) < 4.78 is 18.2. The molecule has 2 aliphatic heterocycles. The Morgan fingerprint density at radius 1 is 1.06 bits per heavy atom. The molecule has 2 fully saturated rings. The minimum atomic E-state index is -0.863. The lowest BCUT2D eigenvalue weighted by Crippen LogP contribution is -2.52. The number of ether oxygens (including phenoxy) is 3. The first-order valence-electron chi connectivity index (χ1n) is 10.4. The lowest BCUT2D eigenvalue weighted by Gasteiger charge is -2.27. The largest absolute Gasteiger partial charge is 0.370 e. The van der Waals surface area contributed by atoms with Crippen molar-refractivity contribution in [1.29, 1.82) is 0 Å². The quantitative estimate of drug-likeness (QED) is 0.681. The van der Waals surface area contributed by atoms with Crippen molar-refractivity contribution < 1.29 is 23.8 Å². The van der Waals surface area contributed by atoms with E-state index in [4.69, 9.17) is 20.8 Å². The second-order valence-corrected chi connectivity index (χ2v) is 8.34. The third-order valence-electron chi connectivity index (χ3n) is 5.57. The molecule has 8 heteroatoms. The van der Waals surface area contributed by atoms with E-state index in [2.05, 4.69) is 15.5 Å². The lowest BCUT2D eigenvalue weighted by atomic mass is 9.96. The van der Waals surface area contributed by atoms with E-state index in [1.165, 1.54) is 0 Å². The molecule has 2 aliphatic rings. The Labute approximate surface area is 186 Å². The smallest absolute Gasteiger partial charge is 0.251 e. The van der Waals surface area contributed by atoms with Crippen molar-refractivity contribution in [2.24, 2.45) is 0 Å². The summed E-state index contributed by atoms with van der Waals surface area (Å²) in [6.07, 6.45) is -0.945. The van der Waals surface area contributed by atoms with Gasteiger partial charge in [-0.15, -0.1) is 0 Å². The average molecular weight is 435 g/mol. The summed E-state index contributed by atoms with van der Waals surface area (Å²) in [6.45, 7) is 11.5. The predicted octanol–water partition coefficient (Wildman–Crippen LogP) is 2.69. The minimum Gasteiger partial charge on any atom is -0.370 e. The summed E-state index contributed by atoms with van der Waals surface area (Å²) in [6, 6.07) is 15.6. The molecule has 166 valence electrons. The van der Waals surface area contributed by atoms with Crippen molar-refractivity contribution in [3.63, 3.8) is 0 Å². The van der Waals surface area contributed by atoms with Crippen LogP contribution in [0.5, 0.6) is 0 Å². The molecule has 2 amide bonds. The van der Waals surface area contributed by atoms with Gasteiger partial charge in [0.2, 0.25) is 5.91 Å². The van der Waals surface area contributed by atoms with Gasteiger partial charge in [-0.3, -0.25) is 9.59 Å². The number of hydrogen-bond donors (Lipinski definition) is 2. The van der Waals surface area contributed by atoms with Gasteiger partial charge in [0, 0.05) is 17.7 Å². The molecule has 0 aliphatic carbocycles. The predicted molar refractivity (Wildman–Crippen MR) is 116 cm³/mol. The van der Waals surface area contributed by atoms with Crippen molar-refractivity contribution in [1.82, 2.24) is 10.6 Å². The van der Waals surface area contributed by atoms with E-state index in [1.54, 1.807) is 48.5 Å². The number of hydrogen-bond acceptors (Lipinski definition) is 5. The monoisotopic (exact) mass is 435 g/mol. The van der Waals surface area contributed by atoms with Gasteiger partial charge in [0.05, 0.1) is 19.7 Å². The molecule has 0 bridgehead atoms. The number of carbonyl (C=O) groups excluding carboxylic acids is 2. The van der Waals surface area contributed by atoms with E-state index in [9.17, 15) is 9.59 Å². The zero-order chi connectivity index (χ0) is 22.8. The van der Waals surface area contributed by atoms with Crippen LogP contribution in [0, 0.1) is 6.57 Å². The SMILES string of the molecule is [C-]#[N+]c1ccccc1C(=O)NC[C@H]1OC[C@]2(CNC(=O)c3ccccc3)OC(C)(C)O[C@H]12. The average Bonchev–Trinajstić information content (AvgIpc) is 3.26. The fraction of sp³-hybridized carbons (Fsp3) is 0.375. The zero-order valence-corrected chi connectivity index (χ0v) is 18.0. The van der Waals surface area contributed by atoms with Crippen LogP contribution in [0.3, 0.4) is 0 Å². The van der Waals surface area contributed by atoms with Gasteiger partial charge in [-0.2, -0.15) is 0 Å². The molecular weight excluding hydrogens is 410 g/mol. The molecule has 0 aromatic heterocycles. The topological polar surface area (TPSA) is 90.2 Å². The van der Waals surface area contributed by atoms with E-state index in [0.29, 0.717) is 11.1 Å². The van der Waals surface area contributed by atoms with Gasteiger partial charge in [0.1, 0.15) is 17.8 Å². The van der Waals surface area contributed by atoms with Gasteiger partial charge in [0.25, 0.3) is 5.91 Å². The van der Waals surface area contributed by atoms with Gasteiger partial charge in [0.15, 0.2) is 11.5 Å². The number of rotatable bonds is 6. The molecule has 3 atom stereocenters. The van der Waals surface area contributed by atoms with Gasteiger partial charge in [-0.1, -0.05) is 42.5 Å². The van der Waals surface area contributed by atoms with Crippen LogP contribution in [0.1, 0.15) is 34.6 Å². The second kappa shape index (κ2) is 8.71. The molecule has 2 heterocycles. The van der Waals surface area contributed by atoms with Crippen LogP contribution in [-0.2, 0) is 14.2 Å². The van der Waals surface area contributed by atoms with Crippen LogP contribution < -0.4 is 10.6 Å². The van der Waals surface area contributed by atoms with Crippen molar-refractivity contribution in [3.05, 3.63) is 77.1 Å². The van der Waals surface area contributed by atoms with Crippen LogP contribution in [0.25, 0.3) is 4.85 Å². The van der Waals surface area contributed by atoms with E-state index >= 15 is 0 Å². The summed E-state index contributed by atoms with van der Waals surface area (Å²) in [5.41, 5.74) is 0.292. The normalized spacial score (nSPS) is 25.5. The van der Waals surface area contributed by atoms with Gasteiger partial charge in [-0.25, -0.2) is 4.85 Å². The maximum Gasteiger partial charge on any atom is 0.251 e. The Morgan fingerprint density at radius 2 is 1.78 bits per heavy atom. The van der Waals surface area contributed by atoms with Crippen LogP contribution in [0.4, 0.5) is 5.69 Å². The zero-order valence-electron chi connectivity index (χ0n) is 18.0. The number of nitrogens with zero attached hydrogens (tertiary/aromatic N) is 1. The van der Waals surface area contributed by atoms with E-state index < -0.39 is 23.6 Å². The number of fused-ring (bicyclic) bond motifs is 1. The van der Waals surface area contributed by atoms with Crippen molar-refractivity contribution in [2.45, 2.75) is 37.4 Å². The standard InChI is InChI=1S/C24H25N3O5/c1-23(2)31-20-19(13-26-22(29)17-11-7-8-12-18(17)25-3)30-15-24(20,32-23)14-27-21(28)16-9-5-4-6-10-16/h4-12,19-20H,13-15H2,1-2H3,(H,26,29)(H,27,28)/t19-,20-,24+/m1/s1. The van der Waals surface area contributed by atoms with Crippen LogP contribution in [-0.4, -0.2) is 55.1 Å². The summed E-state index contributed by atoms with van der Waals surface area (Å²) in [5.74, 6) is -1.42. The Kier molecular flexibility index (Phi) is 5.98. The number of benzene rings is 2. The molecule has 0 saturated carbocycles. The number of amides is 2. The van der Waals surface area contributed by atoms with Crippen LogP contribution in [0.15, 0.2) is 54.6 Å². The Bertz CT molecular complexity index is 1050. The summed E-state index contributed by atoms with van der Waals surface area (Å²) in [4.78, 5) is 28.5. The summed E-state index contributed by atoms with van der Waals surface area (Å²) >= 11 is 0. The minimum absolute atomic E-state index is 0.184. The molecule has 2 saturated heterocycles. The summed E-state index contributed by atoms with van der Waals surface area (Å²) in [7, 11) is 0. The highest BCUT2D eigenvalue weighted by atomic mass is 16.8. The van der Waals surface area contributed by atoms with Crippen LogP contribution >= 0.6 is 0 Å². The molecule has 32 heavy (non-hydrogen) atoms. The first-order valence-corrected chi connectivity index (χ1v) is 10.4. The van der Waals surface area contributed by atoms with E-state index in [0.717, 1.165) is 0 Å². The molecule has 2 aromatic rings. The highest BCUT2D eigenvalue weighted by Crippen LogP contribution is 2.43. The van der Waals surface area contributed by atoms with Gasteiger partial charge < -0.3 is 24.8 Å². The number of nitrogens with one attached hydrogen (secondary N) is 2. The molecule has 2 N–H and O–H groups in total. The maximum absolute atomic E-state index is 12.6. The van der Waals surface area contributed by atoms with Crippen molar-refractivity contribution >= 4 is 17.5 Å². The first-order chi connectivity index (χ1) is 15.3. The van der Waals surface area contributed by atoms with E-state index in [1.807, 2.05) is 19.9 Å². The highest BCUT2D eigenvalue weighted by molar-refractivity contribution is 5.99. The Balaban J connectivity index is 1.43. The Morgan fingerprint density at radius 3 is 2.53 bits per heavy atom. The van der Waals surface area contributed by atoms with Gasteiger partial charge in [-0.05, 0) is 26.0 Å². The van der Waals surface area contributed by atoms with E-state index in [-0.39, 0.29) is 37.2 Å². The number of carbonyl (C=O) groups is 2. The second-order valence-electron chi connectivity index (χ2n) is 8.34. The maximum atomic E-state index is 12.6. The fourth-order valence-electron chi connectivity index (χ4n) is 4.17.